The molecule has 1 saturated heterocycles. The normalized spacial score (nSPS) is 20.3. The number of nitrogens with zero attached hydrogens (tertiary/aromatic N) is 1. The minimum atomic E-state index is 0. The Balaban J connectivity index is 0.00000208. The highest BCUT2D eigenvalue weighted by atomic mass is 35.5. The van der Waals surface area contributed by atoms with E-state index in [9.17, 15) is 4.79 Å². The lowest BCUT2D eigenvalue weighted by atomic mass is 10.00. The Bertz CT molecular complexity index is 549. The van der Waals surface area contributed by atoms with Crippen LogP contribution in [-0.4, -0.2) is 36.5 Å². The number of nitrogens with one attached hydrogen (secondary N) is 1. The number of fused-ring (bicyclic) bond motifs is 1. The van der Waals surface area contributed by atoms with Gasteiger partial charge in [0.1, 0.15) is 0 Å². The second-order valence-electron chi connectivity index (χ2n) is 6.92. The smallest absolute Gasteiger partial charge is 0.221 e. The molecule has 1 amide bonds. The molecule has 5 heteroatoms. The Labute approximate surface area is 151 Å². The summed E-state index contributed by atoms with van der Waals surface area (Å²) < 4.78 is 0. The first-order valence-electron chi connectivity index (χ1n) is 9.08. The van der Waals surface area contributed by atoms with E-state index < -0.39 is 0 Å². The SMILES string of the molecule is Cl.NCCC(=O)NCC1CCCCN1Cc1ccc2c(c1)CCC2. The molecule has 3 rings (SSSR count). The summed E-state index contributed by atoms with van der Waals surface area (Å²) in [7, 11) is 0. The van der Waals surface area contributed by atoms with Crippen molar-refractivity contribution in [2.75, 3.05) is 19.6 Å². The van der Waals surface area contributed by atoms with Crippen molar-refractivity contribution in [1.82, 2.24) is 10.2 Å². The van der Waals surface area contributed by atoms with Gasteiger partial charge < -0.3 is 11.1 Å². The van der Waals surface area contributed by atoms with Crippen LogP contribution >= 0.6 is 12.4 Å². The predicted molar refractivity (Wildman–Crippen MR) is 100 cm³/mol. The number of likely N-dealkylation sites (tertiary alicyclic amines) is 1. The number of benzene rings is 1. The molecular formula is C19H30ClN3O. The summed E-state index contributed by atoms with van der Waals surface area (Å²) in [6.45, 7) is 3.32. The van der Waals surface area contributed by atoms with Crippen LogP contribution in [0.4, 0.5) is 0 Å². The minimum absolute atomic E-state index is 0. The lowest BCUT2D eigenvalue weighted by molar-refractivity contribution is -0.121. The van der Waals surface area contributed by atoms with E-state index in [-0.39, 0.29) is 18.3 Å². The second-order valence-corrected chi connectivity index (χ2v) is 6.92. The molecule has 1 heterocycles. The van der Waals surface area contributed by atoms with Gasteiger partial charge in [0.15, 0.2) is 0 Å². The van der Waals surface area contributed by atoms with Gasteiger partial charge in [0.2, 0.25) is 5.91 Å². The van der Waals surface area contributed by atoms with Gasteiger partial charge in [-0.25, -0.2) is 0 Å². The Kier molecular flexibility index (Phi) is 7.53. The third kappa shape index (κ3) is 4.95. The summed E-state index contributed by atoms with van der Waals surface area (Å²) in [6.07, 6.45) is 7.91. The maximum Gasteiger partial charge on any atom is 0.221 e. The number of carbonyl (C=O) groups excluding carboxylic acids is 1. The lowest BCUT2D eigenvalue weighted by Gasteiger charge is -2.36. The maximum absolute atomic E-state index is 11.7. The molecule has 0 spiro atoms. The van der Waals surface area contributed by atoms with E-state index in [4.69, 9.17) is 5.73 Å². The highest BCUT2D eigenvalue weighted by molar-refractivity contribution is 5.85. The van der Waals surface area contributed by atoms with E-state index >= 15 is 0 Å². The fourth-order valence-corrected chi connectivity index (χ4v) is 3.91. The number of nitrogens with two attached hydrogens (primary N) is 1. The number of rotatable bonds is 6. The second kappa shape index (κ2) is 9.40. The summed E-state index contributed by atoms with van der Waals surface area (Å²) in [4.78, 5) is 14.2. The molecule has 2 aliphatic rings. The van der Waals surface area contributed by atoms with E-state index in [1.807, 2.05) is 0 Å². The van der Waals surface area contributed by atoms with E-state index in [0.717, 1.165) is 19.6 Å². The summed E-state index contributed by atoms with van der Waals surface area (Å²) in [5.74, 6) is 0.0792. The van der Waals surface area contributed by atoms with Gasteiger partial charge in [0.25, 0.3) is 0 Å². The van der Waals surface area contributed by atoms with Crippen LogP contribution < -0.4 is 11.1 Å². The van der Waals surface area contributed by atoms with Crippen molar-refractivity contribution in [1.29, 1.82) is 0 Å². The molecule has 1 aromatic carbocycles. The molecular weight excluding hydrogens is 322 g/mol. The van der Waals surface area contributed by atoms with Crippen molar-refractivity contribution in [2.45, 2.75) is 57.5 Å². The van der Waals surface area contributed by atoms with Gasteiger partial charge in [0.05, 0.1) is 0 Å². The third-order valence-electron chi connectivity index (χ3n) is 5.20. The molecule has 3 N–H and O–H groups in total. The van der Waals surface area contributed by atoms with Crippen LogP contribution in [0.1, 0.15) is 48.8 Å². The van der Waals surface area contributed by atoms with Crippen molar-refractivity contribution in [2.24, 2.45) is 5.73 Å². The van der Waals surface area contributed by atoms with Gasteiger partial charge in [-0.3, -0.25) is 9.69 Å². The van der Waals surface area contributed by atoms with Gasteiger partial charge in [0, 0.05) is 32.1 Å². The fourth-order valence-electron chi connectivity index (χ4n) is 3.91. The molecule has 1 aromatic rings. The molecule has 0 saturated carbocycles. The van der Waals surface area contributed by atoms with Crippen LogP contribution in [0, 0.1) is 0 Å². The zero-order chi connectivity index (χ0) is 16.1. The highest BCUT2D eigenvalue weighted by Gasteiger charge is 2.23. The van der Waals surface area contributed by atoms with Crippen molar-refractivity contribution < 1.29 is 4.79 Å². The quantitative estimate of drug-likeness (QED) is 0.827. The summed E-state index contributed by atoms with van der Waals surface area (Å²) >= 11 is 0. The van der Waals surface area contributed by atoms with E-state index in [2.05, 4.69) is 28.4 Å². The van der Waals surface area contributed by atoms with Gasteiger partial charge in [-0.05, 0) is 55.3 Å². The molecule has 24 heavy (non-hydrogen) atoms. The average molecular weight is 352 g/mol. The summed E-state index contributed by atoms with van der Waals surface area (Å²) in [5.41, 5.74) is 9.95. The average Bonchev–Trinajstić information content (AvgIpc) is 3.02. The Morgan fingerprint density at radius 3 is 2.88 bits per heavy atom. The number of hydrogen-bond acceptors (Lipinski definition) is 3. The van der Waals surface area contributed by atoms with Crippen molar-refractivity contribution >= 4 is 18.3 Å². The Hall–Kier alpha value is -1.10. The van der Waals surface area contributed by atoms with E-state index in [0.29, 0.717) is 19.0 Å². The minimum Gasteiger partial charge on any atom is -0.354 e. The number of hydrogen-bond donors (Lipinski definition) is 2. The van der Waals surface area contributed by atoms with Gasteiger partial charge in [-0.15, -0.1) is 12.4 Å². The summed E-state index contributed by atoms with van der Waals surface area (Å²) in [5, 5.41) is 3.05. The molecule has 1 aliphatic carbocycles. The molecule has 1 aliphatic heterocycles. The predicted octanol–water partition coefficient (Wildman–Crippen LogP) is 2.42. The van der Waals surface area contributed by atoms with Crippen LogP contribution in [0.3, 0.4) is 0 Å². The van der Waals surface area contributed by atoms with Crippen LogP contribution in [0.5, 0.6) is 0 Å². The summed E-state index contributed by atoms with van der Waals surface area (Å²) in [6, 6.07) is 7.47. The molecule has 134 valence electrons. The van der Waals surface area contributed by atoms with Crippen molar-refractivity contribution in [3.63, 3.8) is 0 Å². The van der Waals surface area contributed by atoms with E-state index in [1.165, 1.54) is 49.7 Å². The first-order valence-corrected chi connectivity index (χ1v) is 9.08. The Morgan fingerprint density at radius 2 is 2.04 bits per heavy atom. The van der Waals surface area contributed by atoms with Crippen LogP contribution in [-0.2, 0) is 24.2 Å². The topological polar surface area (TPSA) is 58.4 Å². The standard InChI is InChI=1S/C19H29N3O.ClH/c20-10-9-19(23)21-13-18-6-1-2-11-22(18)14-15-7-8-16-4-3-5-17(16)12-15;/h7-8,12,18H,1-6,9-11,13-14,20H2,(H,21,23);1H. The molecule has 0 radical (unpaired) electrons. The van der Waals surface area contributed by atoms with E-state index in [1.54, 1.807) is 5.56 Å². The number of piperidine rings is 1. The van der Waals surface area contributed by atoms with Crippen LogP contribution in [0.15, 0.2) is 18.2 Å². The molecule has 1 fully saturated rings. The molecule has 1 unspecified atom stereocenters. The van der Waals surface area contributed by atoms with Gasteiger partial charge >= 0.3 is 0 Å². The molecule has 4 nitrogen and oxygen atoms in total. The Morgan fingerprint density at radius 1 is 1.21 bits per heavy atom. The number of amides is 1. The number of halogens is 1. The maximum atomic E-state index is 11.7. The zero-order valence-electron chi connectivity index (χ0n) is 14.4. The van der Waals surface area contributed by atoms with Gasteiger partial charge in [-0.1, -0.05) is 24.6 Å². The van der Waals surface area contributed by atoms with Crippen molar-refractivity contribution in [3.05, 3.63) is 34.9 Å². The monoisotopic (exact) mass is 351 g/mol. The fraction of sp³-hybridized carbons (Fsp3) is 0.632. The largest absolute Gasteiger partial charge is 0.354 e. The van der Waals surface area contributed by atoms with Gasteiger partial charge in [-0.2, -0.15) is 0 Å². The van der Waals surface area contributed by atoms with Crippen LogP contribution in [0.2, 0.25) is 0 Å². The first-order chi connectivity index (χ1) is 11.3. The van der Waals surface area contributed by atoms with Crippen molar-refractivity contribution in [3.8, 4) is 0 Å². The number of aryl methyl sites for hydroxylation is 2. The number of carbonyl (C=O) groups is 1. The third-order valence-corrected chi connectivity index (χ3v) is 5.20. The molecule has 1 atom stereocenters. The first kappa shape index (κ1) is 19.2. The van der Waals surface area contributed by atoms with Crippen LogP contribution in [0.25, 0.3) is 0 Å². The zero-order valence-corrected chi connectivity index (χ0v) is 15.2. The highest BCUT2D eigenvalue weighted by Crippen LogP contribution is 2.25. The molecule has 0 aromatic heterocycles. The molecule has 0 bridgehead atoms. The lowest BCUT2D eigenvalue weighted by Crippen LogP contribution is -2.46.